The first kappa shape index (κ1) is 12.5. The molecule has 1 heterocycles. The Morgan fingerprint density at radius 1 is 1.28 bits per heavy atom. The molecule has 0 saturated heterocycles. The number of rotatable bonds is 2. The molecule has 94 valence electrons. The average molecular weight is 265 g/mol. The lowest BCUT2D eigenvalue weighted by molar-refractivity contribution is 0.0600. The van der Waals surface area contributed by atoms with E-state index in [4.69, 9.17) is 0 Å². The maximum Gasteiger partial charge on any atom is 0.339 e. The van der Waals surface area contributed by atoms with Gasteiger partial charge >= 0.3 is 5.97 Å². The van der Waals surface area contributed by atoms with Crippen LogP contribution >= 0.6 is 0 Å². The molecule has 0 aliphatic rings. The molecule has 0 aliphatic carbocycles. The average Bonchev–Trinajstić information content (AvgIpc) is 2.35. The van der Waals surface area contributed by atoms with E-state index in [0.717, 1.165) is 6.26 Å². The van der Waals surface area contributed by atoms with E-state index in [1.165, 1.54) is 25.4 Å². The molecule has 5 nitrogen and oxygen atoms in total. The number of fused-ring (bicyclic) bond motifs is 1. The molecule has 18 heavy (non-hydrogen) atoms. The van der Waals surface area contributed by atoms with E-state index in [9.17, 15) is 13.2 Å². The van der Waals surface area contributed by atoms with Crippen LogP contribution in [0, 0.1) is 0 Å². The van der Waals surface area contributed by atoms with E-state index in [1.54, 1.807) is 12.1 Å². The first-order valence-corrected chi connectivity index (χ1v) is 6.99. The van der Waals surface area contributed by atoms with E-state index >= 15 is 0 Å². The number of benzene rings is 1. The number of hydrogen-bond donors (Lipinski definition) is 0. The van der Waals surface area contributed by atoms with Gasteiger partial charge in [-0.15, -0.1) is 0 Å². The van der Waals surface area contributed by atoms with Crippen LogP contribution in [0.4, 0.5) is 0 Å². The Balaban J connectivity index is 2.59. The summed E-state index contributed by atoms with van der Waals surface area (Å²) in [6.45, 7) is 0. The fourth-order valence-electron chi connectivity index (χ4n) is 1.56. The number of sulfone groups is 1. The van der Waals surface area contributed by atoms with Crippen LogP contribution in [0.5, 0.6) is 0 Å². The highest BCUT2D eigenvalue weighted by Crippen LogP contribution is 2.18. The number of nitrogens with zero attached hydrogens (tertiary/aromatic N) is 1. The highest BCUT2D eigenvalue weighted by Gasteiger charge is 2.10. The summed E-state index contributed by atoms with van der Waals surface area (Å²) in [7, 11) is -1.97. The van der Waals surface area contributed by atoms with E-state index in [1.807, 2.05) is 0 Å². The highest BCUT2D eigenvalue weighted by molar-refractivity contribution is 7.90. The zero-order chi connectivity index (χ0) is 13.3. The molecule has 0 aliphatic heterocycles. The maximum atomic E-state index is 11.4. The van der Waals surface area contributed by atoms with Gasteiger partial charge in [-0.3, -0.25) is 4.98 Å². The maximum absolute atomic E-state index is 11.4. The van der Waals surface area contributed by atoms with Crippen molar-refractivity contribution in [1.29, 1.82) is 0 Å². The molecule has 0 atom stereocenters. The Labute approximate surface area is 104 Å². The van der Waals surface area contributed by atoms with Crippen LogP contribution in [-0.4, -0.2) is 32.7 Å². The predicted molar refractivity (Wildman–Crippen MR) is 66.2 cm³/mol. The van der Waals surface area contributed by atoms with Crippen LogP contribution in [0.3, 0.4) is 0 Å². The van der Waals surface area contributed by atoms with Crippen LogP contribution in [-0.2, 0) is 14.6 Å². The second-order valence-corrected chi connectivity index (χ2v) is 5.86. The van der Waals surface area contributed by atoms with Crippen LogP contribution in [0.25, 0.3) is 10.9 Å². The van der Waals surface area contributed by atoms with Crippen LogP contribution in [0.2, 0.25) is 0 Å². The molecular weight excluding hydrogens is 254 g/mol. The molecule has 1 aromatic heterocycles. The van der Waals surface area contributed by atoms with Crippen molar-refractivity contribution in [3.05, 3.63) is 36.0 Å². The minimum atomic E-state index is -3.26. The second-order valence-electron chi connectivity index (χ2n) is 3.84. The minimum absolute atomic E-state index is 0.202. The summed E-state index contributed by atoms with van der Waals surface area (Å²) >= 11 is 0. The molecular formula is C12H11NO4S. The van der Waals surface area contributed by atoms with Crippen molar-refractivity contribution in [1.82, 2.24) is 4.98 Å². The molecule has 0 radical (unpaired) electrons. The SMILES string of the molecule is COC(=O)c1cnc2cc(S(C)(=O)=O)ccc2c1. The summed E-state index contributed by atoms with van der Waals surface area (Å²) in [5.41, 5.74) is 0.850. The fraction of sp³-hybridized carbons (Fsp3) is 0.167. The summed E-state index contributed by atoms with van der Waals surface area (Å²) < 4.78 is 27.4. The predicted octanol–water partition coefficient (Wildman–Crippen LogP) is 1.42. The second kappa shape index (κ2) is 4.38. The molecule has 1 aromatic carbocycles. The molecule has 2 aromatic rings. The van der Waals surface area contributed by atoms with E-state index in [2.05, 4.69) is 9.72 Å². The van der Waals surface area contributed by atoms with Gasteiger partial charge in [0.05, 0.1) is 23.1 Å². The summed E-state index contributed by atoms with van der Waals surface area (Å²) in [6.07, 6.45) is 2.50. The lowest BCUT2D eigenvalue weighted by Crippen LogP contribution is -2.02. The Kier molecular flexibility index (Phi) is 3.04. The van der Waals surface area contributed by atoms with Gasteiger partial charge in [-0.25, -0.2) is 13.2 Å². The van der Waals surface area contributed by atoms with Crippen molar-refractivity contribution >= 4 is 26.7 Å². The van der Waals surface area contributed by atoms with Gasteiger partial charge in [-0.2, -0.15) is 0 Å². The van der Waals surface area contributed by atoms with Crippen LogP contribution in [0.15, 0.2) is 35.4 Å². The molecule has 0 fully saturated rings. The largest absolute Gasteiger partial charge is 0.465 e. The number of carbonyl (C=O) groups excluding carboxylic acids is 1. The van der Waals surface area contributed by atoms with E-state index in [0.29, 0.717) is 16.5 Å². The minimum Gasteiger partial charge on any atom is -0.465 e. The number of aromatic nitrogens is 1. The van der Waals surface area contributed by atoms with Gasteiger partial charge in [-0.05, 0) is 18.2 Å². The van der Waals surface area contributed by atoms with Crippen molar-refractivity contribution in [3.8, 4) is 0 Å². The van der Waals surface area contributed by atoms with E-state index < -0.39 is 15.8 Å². The zero-order valence-electron chi connectivity index (χ0n) is 9.88. The highest BCUT2D eigenvalue weighted by atomic mass is 32.2. The molecule has 0 N–H and O–H groups in total. The third kappa shape index (κ3) is 2.33. The standard InChI is InChI=1S/C12H11NO4S/c1-17-12(14)9-5-8-3-4-10(18(2,15)16)6-11(8)13-7-9/h3-7H,1-2H3. The van der Waals surface area contributed by atoms with Crippen molar-refractivity contribution in [2.75, 3.05) is 13.4 Å². The monoisotopic (exact) mass is 265 g/mol. The lowest BCUT2D eigenvalue weighted by Gasteiger charge is -2.03. The topological polar surface area (TPSA) is 73.3 Å². The summed E-state index contributed by atoms with van der Waals surface area (Å²) in [5, 5.41) is 0.685. The number of methoxy groups -OCH3 is 1. The van der Waals surface area contributed by atoms with Gasteiger partial charge < -0.3 is 4.74 Å². The Morgan fingerprint density at radius 3 is 2.61 bits per heavy atom. The van der Waals surface area contributed by atoms with Crippen molar-refractivity contribution in [3.63, 3.8) is 0 Å². The summed E-state index contributed by atoms with van der Waals surface area (Å²) in [6, 6.07) is 6.19. The Bertz CT molecular complexity index is 722. The van der Waals surface area contributed by atoms with Crippen molar-refractivity contribution in [2.45, 2.75) is 4.90 Å². The fourth-order valence-corrected chi connectivity index (χ4v) is 2.20. The lowest BCUT2D eigenvalue weighted by atomic mass is 10.1. The van der Waals surface area contributed by atoms with Gasteiger partial charge in [0.25, 0.3) is 0 Å². The van der Waals surface area contributed by atoms with Crippen molar-refractivity contribution < 1.29 is 17.9 Å². The quantitative estimate of drug-likeness (QED) is 0.768. The normalized spacial score (nSPS) is 11.4. The number of hydrogen-bond acceptors (Lipinski definition) is 5. The first-order valence-electron chi connectivity index (χ1n) is 5.10. The van der Waals surface area contributed by atoms with Gasteiger partial charge in [0, 0.05) is 17.8 Å². The van der Waals surface area contributed by atoms with Crippen LogP contribution in [0.1, 0.15) is 10.4 Å². The van der Waals surface area contributed by atoms with Gasteiger partial charge in [-0.1, -0.05) is 6.07 Å². The van der Waals surface area contributed by atoms with Crippen LogP contribution < -0.4 is 0 Å². The third-order valence-electron chi connectivity index (χ3n) is 2.50. The third-order valence-corrected chi connectivity index (χ3v) is 3.62. The molecule has 0 saturated carbocycles. The number of ether oxygens (including phenoxy) is 1. The molecule has 6 heteroatoms. The molecule has 2 rings (SSSR count). The molecule has 0 spiro atoms. The summed E-state index contributed by atoms with van der Waals surface area (Å²) in [5.74, 6) is -0.475. The number of carbonyl (C=O) groups is 1. The molecule has 0 bridgehead atoms. The van der Waals surface area contributed by atoms with Gasteiger partial charge in [0.15, 0.2) is 9.84 Å². The van der Waals surface area contributed by atoms with E-state index in [-0.39, 0.29) is 4.90 Å². The van der Waals surface area contributed by atoms with Gasteiger partial charge in [0.2, 0.25) is 0 Å². The zero-order valence-corrected chi connectivity index (χ0v) is 10.7. The molecule has 0 amide bonds. The van der Waals surface area contributed by atoms with Gasteiger partial charge in [0.1, 0.15) is 0 Å². The first-order chi connectivity index (χ1) is 8.41. The molecule has 0 unspecified atom stereocenters. The number of esters is 1. The smallest absolute Gasteiger partial charge is 0.339 e. The Morgan fingerprint density at radius 2 is 2.00 bits per heavy atom. The van der Waals surface area contributed by atoms with Crippen molar-refractivity contribution in [2.24, 2.45) is 0 Å². The number of pyridine rings is 1. The summed E-state index contributed by atoms with van der Waals surface area (Å²) in [4.78, 5) is 15.6. The Hall–Kier alpha value is -1.95.